The Morgan fingerprint density at radius 1 is 1.32 bits per heavy atom. The Hall–Kier alpha value is -0.570. The highest BCUT2D eigenvalue weighted by Gasteiger charge is 2.44. The van der Waals surface area contributed by atoms with Crippen LogP contribution >= 0.6 is 11.6 Å². The van der Waals surface area contributed by atoms with Crippen molar-refractivity contribution in [2.75, 3.05) is 6.54 Å². The molecule has 2 saturated heterocycles. The summed E-state index contributed by atoms with van der Waals surface area (Å²) in [4.78, 5) is 0. The largest absolute Gasteiger partial charge is 0.375 e. The van der Waals surface area contributed by atoms with Crippen molar-refractivity contribution >= 4 is 11.6 Å². The lowest BCUT2D eigenvalue weighted by Gasteiger charge is -2.30. The maximum atomic E-state index is 6.02. The minimum atomic E-state index is 0.410. The monoisotopic (exact) mass is 279 g/mol. The third-order valence-electron chi connectivity index (χ3n) is 4.42. The van der Waals surface area contributed by atoms with Gasteiger partial charge in [-0.25, -0.2) is 0 Å². The number of fused-ring (bicyclic) bond motifs is 2. The Bertz CT molecular complexity index is 419. The lowest BCUT2D eigenvalue weighted by atomic mass is 9.81. The fourth-order valence-electron chi connectivity index (χ4n) is 3.51. The SMILES string of the molecule is CCCNC(c1ccc(Cl)cc1)C1CC2CCC1O2. The van der Waals surface area contributed by atoms with E-state index in [0.717, 1.165) is 18.0 Å². The molecule has 2 bridgehead atoms. The van der Waals surface area contributed by atoms with Crippen LogP contribution in [-0.2, 0) is 4.74 Å². The van der Waals surface area contributed by atoms with Crippen LogP contribution in [0.25, 0.3) is 0 Å². The number of rotatable bonds is 5. The molecule has 3 heteroatoms. The van der Waals surface area contributed by atoms with Crippen LogP contribution in [0.15, 0.2) is 24.3 Å². The second-order valence-electron chi connectivity index (χ2n) is 5.76. The van der Waals surface area contributed by atoms with Crippen LogP contribution in [0.1, 0.15) is 44.2 Å². The van der Waals surface area contributed by atoms with Crippen LogP contribution in [-0.4, -0.2) is 18.8 Å². The molecular weight excluding hydrogens is 258 g/mol. The summed E-state index contributed by atoms with van der Waals surface area (Å²) in [6.07, 6.45) is 5.80. The van der Waals surface area contributed by atoms with E-state index in [1.807, 2.05) is 12.1 Å². The summed E-state index contributed by atoms with van der Waals surface area (Å²) in [6, 6.07) is 8.70. The summed E-state index contributed by atoms with van der Waals surface area (Å²) in [6.45, 7) is 3.27. The normalized spacial score (nSPS) is 30.7. The Morgan fingerprint density at radius 2 is 2.11 bits per heavy atom. The van der Waals surface area contributed by atoms with Crippen molar-refractivity contribution in [2.45, 2.75) is 50.9 Å². The van der Waals surface area contributed by atoms with Crippen molar-refractivity contribution in [3.63, 3.8) is 0 Å². The first kappa shape index (κ1) is 13.4. The quantitative estimate of drug-likeness (QED) is 0.881. The van der Waals surface area contributed by atoms with Gasteiger partial charge in [0.2, 0.25) is 0 Å². The van der Waals surface area contributed by atoms with E-state index in [-0.39, 0.29) is 0 Å². The van der Waals surface area contributed by atoms with E-state index in [1.165, 1.54) is 24.8 Å². The molecule has 2 aliphatic rings. The van der Waals surface area contributed by atoms with Gasteiger partial charge in [-0.2, -0.15) is 0 Å². The van der Waals surface area contributed by atoms with Gasteiger partial charge in [0.1, 0.15) is 0 Å². The van der Waals surface area contributed by atoms with Gasteiger partial charge >= 0.3 is 0 Å². The first-order valence-electron chi connectivity index (χ1n) is 7.42. The molecule has 4 atom stereocenters. The standard InChI is InChI=1S/C16H22ClNO/c1-2-9-18-16(11-3-5-12(17)6-4-11)14-10-13-7-8-15(14)19-13/h3-6,13-16,18H,2,7-10H2,1H3. The lowest BCUT2D eigenvalue weighted by molar-refractivity contribution is 0.0857. The molecule has 3 rings (SSSR count). The van der Waals surface area contributed by atoms with Crippen LogP contribution in [0.3, 0.4) is 0 Å². The predicted octanol–water partition coefficient (Wildman–Crippen LogP) is 3.95. The molecule has 104 valence electrons. The molecule has 2 fully saturated rings. The van der Waals surface area contributed by atoms with Crippen molar-refractivity contribution in [1.82, 2.24) is 5.32 Å². The van der Waals surface area contributed by atoms with Gasteiger partial charge in [0.05, 0.1) is 12.2 Å². The fourth-order valence-corrected chi connectivity index (χ4v) is 3.64. The molecule has 1 aromatic carbocycles. The van der Waals surface area contributed by atoms with Crippen LogP contribution in [0, 0.1) is 5.92 Å². The fraction of sp³-hybridized carbons (Fsp3) is 0.625. The molecule has 2 aliphatic heterocycles. The summed E-state index contributed by atoms with van der Waals surface area (Å²) in [7, 11) is 0. The van der Waals surface area contributed by atoms with E-state index in [4.69, 9.17) is 16.3 Å². The van der Waals surface area contributed by atoms with E-state index in [1.54, 1.807) is 0 Å². The Labute approximate surface area is 120 Å². The van der Waals surface area contributed by atoms with Crippen molar-refractivity contribution < 1.29 is 4.74 Å². The third-order valence-corrected chi connectivity index (χ3v) is 4.68. The molecule has 2 heterocycles. The average molecular weight is 280 g/mol. The molecule has 0 amide bonds. The summed E-state index contributed by atoms with van der Waals surface area (Å²) in [5.74, 6) is 0.617. The molecule has 4 unspecified atom stereocenters. The first-order valence-corrected chi connectivity index (χ1v) is 7.80. The zero-order valence-corrected chi connectivity index (χ0v) is 12.2. The topological polar surface area (TPSA) is 21.3 Å². The zero-order valence-electron chi connectivity index (χ0n) is 11.4. The minimum absolute atomic E-state index is 0.410. The van der Waals surface area contributed by atoms with Crippen molar-refractivity contribution in [3.05, 3.63) is 34.9 Å². The molecule has 0 aliphatic carbocycles. The van der Waals surface area contributed by atoms with Crippen LogP contribution in [0.5, 0.6) is 0 Å². The molecule has 2 nitrogen and oxygen atoms in total. The molecule has 19 heavy (non-hydrogen) atoms. The van der Waals surface area contributed by atoms with E-state index < -0.39 is 0 Å². The smallest absolute Gasteiger partial charge is 0.0627 e. The van der Waals surface area contributed by atoms with Crippen molar-refractivity contribution in [3.8, 4) is 0 Å². The minimum Gasteiger partial charge on any atom is -0.375 e. The van der Waals surface area contributed by atoms with Gasteiger partial charge in [0, 0.05) is 17.0 Å². The number of halogens is 1. The Morgan fingerprint density at radius 3 is 2.68 bits per heavy atom. The van der Waals surface area contributed by atoms with Crippen LogP contribution < -0.4 is 5.32 Å². The number of hydrogen-bond acceptors (Lipinski definition) is 2. The Kier molecular flexibility index (Phi) is 4.11. The Balaban J connectivity index is 1.79. The molecular formula is C16H22ClNO. The maximum Gasteiger partial charge on any atom is 0.0627 e. The molecule has 0 saturated carbocycles. The van der Waals surface area contributed by atoms with Gasteiger partial charge in [0.15, 0.2) is 0 Å². The van der Waals surface area contributed by atoms with Gasteiger partial charge in [0.25, 0.3) is 0 Å². The van der Waals surface area contributed by atoms with E-state index in [2.05, 4.69) is 24.4 Å². The second-order valence-corrected chi connectivity index (χ2v) is 6.19. The van der Waals surface area contributed by atoms with E-state index >= 15 is 0 Å². The first-order chi connectivity index (χ1) is 9.28. The highest BCUT2D eigenvalue weighted by molar-refractivity contribution is 6.30. The van der Waals surface area contributed by atoms with Gasteiger partial charge in [-0.3, -0.25) is 0 Å². The zero-order chi connectivity index (χ0) is 13.2. The number of benzene rings is 1. The van der Waals surface area contributed by atoms with Crippen LogP contribution in [0.2, 0.25) is 5.02 Å². The molecule has 0 aromatic heterocycles. The maximum absolute atomic E-state index is 6.02. The summed E-state index contributed by atoms with van der Waals surface area (Å²) in [5, 5.41) is 4.52. The highest BCUT2D eigenvalue weighted by atomic mass is 35.5. The highest BCUT2D eigenvalue weighted by Crippen LogP contribution is 2.44. The van der Waals surface area contributed by atoms with Crippen LogP contribution in [0.4, 0.5) is 0 Å². The van der Waals surface area contributed by atoms with Gasteiger partial charge in [-0.15, -0.1) is 0 Å². The number of ether oxygens (including phenoxy) is 1. The third kappa shape index (κ3) is 2.81. The number of nitrogens with one attached hydrogen (secondary N) is 1. The predicted molar refractivity (Wildman–Crippen MR) is 78.5 cm³/mol. The summed E-state index contributed by atoms with van der Waals surface area (Å²) < 4.78 is 6.02. The van der Waals surface area contributed by atoms with Gasteiger partial charge in [-0.05, 0) is 49.9 Å². The molecule has 1 N–H and O–H groups in total. The van der Waals surface area contributed by atoms with Gasteiger partial charge < -0.3 is 10.1 Å². The summed E-state index contributed by atoms with van der Waals surface area (Å²) in [5.41, 5.74) is 1.35. The average Bonchev–Trinajstić information content (AvgIpc) is 3.04. The summed E-state index contributed by atoms with van der Waals surface area (Å²) >= 11 is 6.00. The molecule has 0 radical (unpaired) electrons. The van der Waals surface area contributed by atoms with Crippen molar-refractivity contribution in [1.29, 1.82) is 0 Å². The lowest BCUT2D eigenvalue weighted by Crippen LogP contribution is -2.34. The van der Waals surface area contributed by atoms with Crippen molar-refractivity contribution in [2.24, 2.45) is 5.92 Å². The van der Waals surface area contributed by atoms with E-state index in [0.29, 0.717) is 24.2 Å². The number of hydrogen-bond donors (Lipinski definition) is 1. The van der Waals surface area contributed by atoms with E-state index in [9.17, 15) is 0 Å². The molecule has 0 spiro atoms. The second kappa shape index (κ2) is 5.82. The molecule has 1 aromatic rings. The van der Waals surface area contributed by atoms with Gasteiger partial charge in [-0.1, -0.05) is 30.7 Å².